The van der Waals surface area contributed by atoms with Crippen molar-refractivity contribution in [3.63, 3.8) is 0 Å². The zero-order valence-corrected chi connectivity index (χ0v) is 17.1. The van der Waals surface area contributed by atoms with Gasteiger partial charge < -0.3 is 9.84 Å². The molecule has 152 valence electrons. The molecule has 0 spiro atoms. The Morgan fingerprint density at radius 3 is 2.04 bits per heavy atom. The molecule has 0 aliphatic rings. The number of benzene rings is 1. The van der Waals surface area contributed by atoms with E-state index in [0.717, 1.165) is 12.8 Å². The largest absolute Gasteiger partial charge is 0.493 e. The molecule has 0 atom stereocenters. The van der Waals surface area contributed by atoms with Gasteiger partial charge in [0.1, 0.15) is 11.3 Å². The number of allylic oxidation sites excluding steroid dienone is 2. The number of unbranched alkanes of at least 4 members (excludes halogenated alkanes) is 11. The first-order valence-corrected chi connectivity index (χ1v) is 10.9. The van der Waals surface area contributed by atoms with E-state index in [1.165, 1.54) is 70.6 Å². The van der Waals surface area contributed by atoms with Crippen molar-refractivity contribution < 1.29 is 14.6 Å². The molecular weight excluding hydrogens is 336 g/mol. The van der Waals surface area contributed by atoms with Crippen molar-refractivity contribution in [1.29, 1.82) is 0 Å². The van der Waals surface area contributed by atoms with Gasteiger partial charge in [-0.1, -0.05) is 82.6 Å². The van der Waals surface area contributed by atoms with Gasteiger partial charge in [0.2, 0.25) is 0 Å². The number of aromatic carboxylic acids is 1. The van der Waals surface area contributed by atoms with E-state index in [1.54, 1.807) is 18.2 Å². The van der Waals surface area contributed by atoms with Crippen LogP contribution in [-0.4, -0.2) is 17.7 Å². The second-order valence-electron chi connectivity index (χ2n) is 7.23. The minimum absolute atomic E-state index is 0.243. The maximum Gasteiger partial charge on any atom is 0.339 e. The quantitative estimate of drug-likeness (QED) is 0.228. The average molecular weight is 375 g/mol. The highest BCUT2D eigenvalue weighted by Crippen LogP contribution is 2.18. The Labute approximate surface area is 165 Å². The van der Waals surface area contributed by atoms with Gasteiger partial charge in [-0.25, -0.2) is 4.79 Å². The predicted octanol–water partition coefficient (Wildman–Crippen LogP) is 7.41. The van der Waals surface area contributed by atoms with Crippen molar-refractivity contribution in [3.05, 3.63) is 42.0 Å². The van der Waals surface area contributed by atoms with Gasteiger partial charge in [0.05, 0.1) is 6.61 Å². The summed E-state index contributed by atoms with van der Waals surface area (Å²) in [5.41, 5.74) is 0.243. The van der Waals surface area contributed by atoms with E-state index in [1.807, 2.05) is 6.07 Å². The zero-order chi connectivity index (χ0) is 19.6. The molecule has 0 saturated heterocycles. The van der Waals surface area contributed by atoms with Gasteiger partial charge in [-0.2, -0.15) is 0 Å². The minimum Gasteiger partial charge on any atom is -0.493 e. The van der Waals surface area contributed by atoms with Crippen LogP contribution in [0, 0.1) is 0 Å². The number of carbonyl (C=O) groups is 1. The molecule has 0 heterocycles. The van der Waals surface area contributed by atoms with E-state index in [0.29, 0.717) is 12.4 Å². The summed E-state index contributed by atoms with van der Waals surface area (Å²) in [7, 11) is 0. The minimum atomic E-state index is -0.933. The first-order valence-electron chi connectivity index (χ1n) is 10.9. The molecule has 0 unspecified atom stereocenters. The smallest absolute Gasteiger partial charge is 0.339 e. The van der Waals surface area contributed by atoms with Crippen LogP contribution in [-0.2, 0) is 0 Å². The standard InChI is InChI=1S/C24H38O3/c1-2-3-4-5-6-7-8-9-10-11-12-13-14-15-18-21-27-23-20-17-16-19-22(23)24(25)26/h7-8,16-17,19-20H,2-6,9-15,18,21H2,1H3,(H,25,26). The molecule has 0 aliphatic carbocycles. The number of ether oxygens (including phenoxy) is 1. The lowest BCUT2D eigenvalue weighted by Crippen LogP contribution is -2.04. The van der Waals surface area contributed by atoms with E-state index in [2.05, 4.69) is 19.1 Å². The van der Waals surface area contributed by atoms with E-state index in [-0.39, 0.29) is 5.56 Å². The molecule has 1 rings (SSSR count). The highest BCUT2D eigenvalue weighted by molar-refractivity contribution is 5.90. The van der Waals surface area contributed by atoms with Crippen molar-refractivity contribution in [3.8, 4) is 5.75 Å². The van der Waals surface area contributed by atoms with Crippen LogP contribution in [0.15, 0.2) is 36.4 Å². The predicted molar refractivity (Wildman–Crippen MR) is 114 cm³/mol. The normalized spacial score (nSPS) is 11.1. The summed E-state index contributed by atoms with van der Waals surface area (Å²) in [6.07, 6.45) is 21.2. The van der Waals surface area contributed by atoms with Crippen molar-refractivity contribution in [2.24, 2.45) is 0 Å². The molecule has 0 fully saturated rings. The number of hydrogen-bond donors (Lipinski definition) is 1. The van der Waals surface area contributed by atoms with Crippen LogP contribution < -0.4 is 4.74 Å². The molecule has 0 radical (unpaired) electrons. The van der Waals surface area contributed by atoms with Crippen molar-refractivity contribution >= 4 is 5.97 Å². The molecule has 0 aliphatic heterocycles. The number of para-hydroxylation sites is 1. The fraction of sp³-hybridized carbons (Fsp3) is 0.625. The van der Waals surface area contributed by atoms with Crippen LogP contribution in [0.1, 0.15) is 101 Å². The third kappa shape index (κ3) is 12.3. The molecule has 0 saturated carbocycles. The van der Waals surface area contributed by atoms with Gasteiger partial charge in [0, 0.05) is 0 Å². The molecule has 0 amide bonds. The van der Waals surface area contributed by atoms with Crippen LogP contribution in [0.4, 0.5) is 0 Å². The number of carboxylic acids is 1. The van der Waals surface area contributed by atoms with Crippen molar-refractivity contribution in [2.45, 2.75) is 90.4 Å². The highest BCUT2D eigenvalue weighted by Gasteiger charge is 2.09. The Balaban J connectivity index is 1.90. The Morgan fingerprint density at radius 1 is 0.852 bits per heavy atom. The highest BCUT2D eigenvalue weighted by atomic mass is 16.5. The van der Waals surface area contributed by atoms with E-state index in [9.17, 15) is 4.79 Å². The molecule has 1 aromatic carbocycles. The van der Waals surface area contributed by atoms with Crippen LogP contribution in [0.2, 0.25) is 0 Å². The Bertz CT molecular complexity index is 522. The van der Waals surface area contributed by atoms with Gasteiger partial charge in [0.15, 0.2) is 0 Å². The second kappa shape index (κ2) is 16.4. The number of rotatable bonds is 17. The van der Waals surface area contributed by atoms with Crippen LogP contribution >= 0.6 is 0 Å². The number of hydrogen-bond acceptors (Lipinski definition) is 2. The summed E-state index contributed by atoms with van der Waals surface area (Å²) in [4.78, 5) is 11.1. The summed E-state index contributed by atoms with van der Waals surface area (Å²) in [5.74, 6) is -0.458. The van der Waals surface area contributed by atoms with E-state index >= 15 is 0 Å². The van der Waals surface area contributed by atoms with Gasteiger partial charge in [0.25, 0.3) is 0 Å². The summed E-state index contributed by atoms with van der Waals surface area (Å²) in [6.45, 7) is 2.85. The maximum absolute atomic E-state index is 11.1. The molecule has 3 nitrogen and oxygen atoms in total. The first-order chi connectivity index (χ1) is 13.3. The second-order valence-corrected chi connectivity index (χ2v) is 7.23. The summed E-state index contributed by atoms with van der Waals surface area (Å²) in [6, 6.07) is 6.84. The van der Waals surface area contributed by atoms with E-state index < -0.39 is 5.97 Å². The number of carboxylic acid groups (broad SMARTS) is 1. The Hall–Kier alpha value is -1.77. The summed E-state index contributed by atoms with van der Waals surface area (Å²) in [5, 5.41) is 9.12. The van der Waals surface area contributed by atoms with Gasteiger partial charge in [-0.15, -0.1) is 0 Å². The fourth-order valence-corrected chi connectivity index (χ4v) is 3.12. The Morgan fingerprint density at radius 2 is 1.41 bits per heavy atom. The lowest BCUT2D eigenvalue weighted by atomic mass is 10.1. The van der Waals surface area contributed by atoms with Crippen LogP contribution in [0.3, 0.4) is 0 Å². The topological polar surface area (TPSA) is 46.5 Å². The zero-order valence-electron chi connectivity index (χ0n) is 17.1. The third-order valence-corrected chi connectivity index (χ3v) is 4.78. The monoisotopic (exact) mass is 374 g/mol. The van der Waals surface area contributed by atoms with Gasteiger partial charge >= 0.3 is 5.97 Å². The van der Waals surface area contributed by atoms with Crippen LogP contribution in [0.5, 0.6) is 5.75 Å². The molecule has 0 aromatic heterocycles. The summed E-state index contributed by atoms with van der Waals surface area (Å²) < 4.78 is 5.62. The lowest BCUT2D eigenvalue weighted by molar-refractivity contribution is 0.0692. The third-order valence-electron chi connectivity index (χ3n) is 4.78. The van der Waals surface area contributed by atoms with Crippen molar-refractivity contribution in [1.82, 2.24) is 0 Å². The molecule has 1 aromatic rings. The molecule has 27 heavy (non-hydrogen) atoms. The van der Waals surface area contributed by atoms with Gasteiger partial charge in [-0.3, -0.25) is 0 Å². The molecular formula is C24H38O3. The van der Waals surface area contributed by atoms with Crippen LogP contribution in [0.25, 0.3) is 0 Å². The first kappa shape index (κ1) is 23.3. The lowest BCUT2D eigenvalue weighted by Gasteiger charge is -2.08. The molecule has 1 N–H and O–H groups in total. The van der Waals surface area contributed by atoms with Crippen molar-refractivity contribution in [2.75, 3.05) is 6.61 Å². The Kier molecular flexibility index (Phi) is 14.1. The SMILES string of the molecule is CCCCCCC=CCCCCCCCCCOc1ccccc1C(=O)O. The summed E-state index contributed by atoms with van der Waals surface area (Å²) >= 11 is 0. The average Bonchev–Trinajstić information content (AvgIpc) is 2.68. The van der Waals surface area contributed by atoms with Gasteiger partial charge in [-0.05, 0) is 44.2 Å². The fourth-order valence-electron chi connectivity index (χ4n) is 3.12. The molecule has 0 bridgehead atoms. The molecule has 3 heteroatoms. The maximum atomic E-state index is 11.1. The van der Waals surface area contributed by atoms with E-state index in [4.69, 9.17) is 9.84 Å².